The molecular weight excluding hydrogens is 212 g/mol. The highest BCUT2D eigenvalue weighted by atomic mass is 35.7. The third kappa shape index (κ3) is 3.67. The Labute approximate surface area is 83.1 Å². The molecule has 3 nitrogen and oxygen atoms in total. The van der Waals surface area contributed by atoms with Crippen LogP contribution >= 0.6 is 10.7 Å². The maximum atomic E-state index is 10.8. The second-order valence-electron chi connectivity index (χ2n) is 3.24. The average molecular weight is 225 g/mol. The molecule has 0 saturated carbocycles. The van der Waals surface area contributed by atoms with Crippen molar-refractivity contribution in [3.8, 4) is 0 Å². The molecular formula is C8H13ClO3S. The van der Waals surface area contributed by atoms with Crippen molar-refractivity contribution in [3.05, 3.63) is 11.5 Å². The average Bonchev–Trinajstić information content (AvgIpc) is 2.04. The summed E-state index contributed by atoms with van der Waals surface area (Å²) in [7, 11) is 1.58. The van der Waals surface area contributed by atoms with Crippen molar-refractivity contribution in [2.24, 2.45) is 5.92 Å². The zero-order chi connectivity index (χ0) is 9.90. The normalized spacial score (nSPS) is 20.1. The molecule has 0 aromatic heterocycles. The monoisotopic (exact) mass is 224 g/mol. The van der Waals surface area contributed by atoms with Crippen LogP contribution in [0.15, 0.2) is 11.5 Å². The van der Waals surface area contributed by atoms with Crippen molar-refractivity contribution in [1.82, 2.24) is 0 Å². The van der Waals surface area contributed by atoms with Gasteiger partial charge >= 0.3 is 0 Å². The lowest BCUT2D eigenvalue weighted by Crippen LogP contribution is -2.16. The van der Waals surface area contributed by atoms with Gasteiger partial charge in [0.2, 0.25) is 0 Å². The first-order valence-electron chi connectivity index (χ1n) is 4.20. The summed E-state index contributed by atoms with van der Waals surface area (Å²) in [5, 5.41) is 0. The molecule has 5 heteroatoms. The van der Waals surface area contributed by atoms with Crippen molar-refractivity contribution in [3.63, 3.8) is 0 Å². The number of ether oxygens (including phenoxy) is 1. The molecule has 0 unspecified atom stereocenters. The van der Waals surface area contributed by atoms with Gasteiger partial charge in [-0.3, -0.25) is 0 Å². The van der Waals surface area contributed by atoms with Crippen LogP contribution in [0, 0.1) is 5.92 Å². The number of hydrogen-bond acceptors (Lipinski definition) is 3. The molecule has 0 N–H and O–H groups in total. The summed E-state index contributed by atoms with van der Waals surface area (Å²) < 4.78 is 26.8. The molecule has 1 fully saturated rings. The molecule has 0 aromatic rings. The number of hydrogen-bond donors (Lipinski definition) is 0. The van der Waals surface area contributed by atoms with Gasteiger partial charge in [0.15, 0.2) is 0 Å². The second-order valence-corrected chi connectivity index (χ2v) is 5.91. The van der Waals surface area contributed by atoms with E-state index in [-0.39, 0.29) is 4.91 Å². The van der Waals surface area contributed by atoms with Crippen molar-refractivity contribution in [1.29, 1.82) is 0 Å². The highest BCUT2D eigenvalue weighted by Crippen LogP contribution is 2.25. The van der Waals surface area contributed by atoms with E-state index in [1.165, 1.54) is 0 Å². The maximum Gasteiger partial charge on any atom is 0.256 e. The lowest BCUT2D eigenvalue weighted by molar-refractivity contribution is 0.0670. The molecule has 0 aromatic carbocycles. The molecule has 0 atom stereocenters. The summed E-state index contributed by atoms with van der Waals surface area (Å²) in [5.41, 5.74) is 0. The highest BCUT2D eigenvalue weighted by Gasteiger charge is 2.19. The van der Waals surface area contributed by atoms with E-state index in [1.807, 2.05) is 0 Å². The molecule has 0 spiro atoms. The van der Waals surface area contributed by atoms with Crippen molar-refractivity contribution < 1.29 is 13.2 Å². The van der Waals surface area contributed by atoms with Crippen molar-refractivity contribution in [2.45, 2.75) is 19.3 Å². The van der Waals surface area contributed by atoms with Crippen LogP contribution in [0.3, 0.4) is 0 Å². The van der Waals surface area contributed by atoms with Gasteiger partial charge in [0.25, 0.3) is 9.05 Å². The first kappa shape index (κ1) is 11.0. The summed E-state index contributed by atoms with van der Waals surface area (Å²) in [6.07, 6.45) is 2.26. The van der Waals surface area contributed by atoms with Crippen LogP contribution in [0.5, 0.6) is 0 Å². The number of halogens is 1. The Morgan fingerprint density at radius 3 is 2.46 bits per heavy atom. The zero-order valence-corrected chi connectivity index (χ0v) is 8.90. The predicted molar refractivity (Wildman–Crippen MR) is 52.1 cm³/mol. The number of rotatable bonds is 3. The fraction of sp³-hybridized carbons (Fsp3) is 0.750. The van der Waals surface area contributed by atoms with E-state index in [0.717, 1.165) is 12.8 Å². The molecule has 0 radical (unpaired) electrons. The largest absolute Gasteiger partial charge is 0.381 e. The molecule has 1 rings (SSSR count). The van der Waals surface area contributed by atoms with E-state index in [4.69, 9.17) is 15.4 Å². The summed E-state index contributed by atoms with van der Waals surface area (Å²) in [5.74, 6) is 0.356. The second kappa shape index (κ2) is 4.44. The highest BCUT2D eigenvalue weighted by molar-refractivity contribution is 8.16. The zero-order valence-electron chi connectivity index (χ0n) is 7.33. The van der Waals surface area contributed by atoms with Gasteiger partial charge in [0, 0.05) is 23.9 Å². The topological polar surface area (TPSA) is 43.4 Å². The molecule has 0 amide bonds. The van der Waals surface area contributed by atoms with E-state index in [2.05, 4.69) is 6.58 Å². The van der Waals surface area contributed by atoms with E-state index in [9.17, 15) is 8.42 Å². The van der Waals surface area contributed by atoms with E-state index in [0.29, 0.717) is 25.6 Å². The van der Waals surface area contributed by atoms with Gasteiger partial charge in [0.1, 0.15) is 0 Å². The lowest BCUT2D eigenvalue weighted by atomic mass is 9.97. The molecule has 1 heterocycles. The van der Waals surface area contributed by atoms with Crippen LogP contribution in [-0.4, -0.2) is 21.6 Å². The molecule has 13 heavy (non-hydrogen) atoms. The van der Waals surface area contributed by atoms with Gasteiger partial charge in [-0.1, -0.05) is 6.58 Å². The van der Waals surface area contributed by atoms with Crippen LogP contribution in [0.2, 0.25) is 0 Å². The van der Waals surface area contributed by atoms with Gasteiger partial charge in [-0.05, 0) is 25.2 Å². The molecule has 0 aliphatic carbocycles. The Balaban J connectivity index is 2.44. The minimum absolute atomic E-state index is 0.126. The smallest absolute Gasteiger partial charge is 0.256 e. The third-order valence-corrected chi connectivity index (χ3v) is 3.71. The van der Waals surface area contributed by atoms with Crippen LogP contribution in [0.4, 0.5) is 0 Å². The van der Waals surface area contributed by atoms with E-state index >= 15 is 0 Å². The summed E-state index contributed by atoms with van der Waals surface area (Å²) in [4.78, 5) is 0.126. The van der Waals surface area contributed by atoms with Gasteiger partial charge in [-0.25, -0.2) is 8.42 Å². The summed E-state index contributed by atoms with van der Waals surface area (Å²) >= 11 is 0. The molecule has 1 saturated heterocycles. The SMILES string of the molecule is C=C(CC1CCOCC1)S(=O)(=O)Cl. The molecule has 1 aliphatic heterocycles. The van der Waals surface area contributed by atoms with Gasteiger partial charge in [0.05, 0.1) is 4.91 Å². The van der Waals surface area contributed by atoms with E-state index in [1.54, 1.807) is 0 Å². The first-order valence-corrected chi connectivity index (χ1v) is 6.51. The van der Waals surface area contributed by atoms with Crippen molar-refractivity contribution >= 4 is 19.7 Å². The van der Waals surface area contributed by atoms with Gasteiger partial charge in [-0.2, -0.15) is 0 Å². The standard InChI is InChI=1S/C8H13ClO3S/c1-7(13(9,10)11)6-8-2-4-12-5-3-8/h8H,1-6H2. The Hall–Kier alpha value is -0.0600. The van der Waals surface area contributed by atoms with Crippen LogP contribution in [-0.2, 0) is 13.8 Å². The van der Waals surface area contributed by atoms with Gasteiger partial charge in [-0.15, -0.1) is 0 Å². The Morgan fingerprint density at radius 2 is 2.00 bits per heavy atom. The Bertz CT molecular complexity index is 278. The quantitative estimate of drug-likeness (QED) is 0.688. The number of allylic oxidation sites excluding steroid dienone is 1. The van der Waals surface area contributed by atoms with E-state index < -0.39 is 9.05 Å². The summed E-state index contributed by atoms with van der Waals surface area (Å²) in [6, 6.07) is 0. The first-order chi connectivity index (χ1) is 6.00. The fourth-order valence-electron chi connectivity index (χ4n) is 1.37. The minimum Gasteiger partial charge on any atom is -0.381 e. The van der Waals surface area contributed by atoms with Crippen LogP contribution < -0.4 is 0 Å². The minimum atomic E-state index is -3.57. The summed E-state index contributed by atoms with van der Waals surface area (Å²) in [6.45, 7) is 4.88. The molecule has 76 valence electrons. The Kier molecular flexibility index (Phi) is 3.76. The maximum absolute atomic E-state index is 10.8. The lowest BCUT2D eigenvalue weighted by Gasteiger charge is -2.21. The Morgan fingerprint density at radius 1 is 1.46 bits per heavy atom. The van der Waals surface area contributed by atoms with Gasteiger partial charge < -0.3 is 4.74 Å². The molecule has 1 aliphatic rings. The predicted octanol–water partition coefficient (Wildman–Crippen LogP) is 1.89. The van der Waals surface area contributed by atoms with Crippen LogP contribution in [0.1, 0.15) is 19.3 Å². The third-order valence-electron chi connectivity index (χ3n) is 2.20. The fourth-order valence-corrected chi connectivity index (χ4v) is 2.00. The molecule has 0 bridgehead atoms. The van der Waals surface area contributed by atoms with Crippen molar-refractivity contribution in [2.75, 3.05) is 13.2 Å². The van der Waals surface area contributed by atoms with Crippen LogP contribution in [0.25, 0.3) is 0 Å².